The minimum Gasteiger partial charge on any atom is -0.336 e. The molecule has 0 spiro atoms. The van der Waals surface area contributed by atoms with E-state index in [1.165, 1.54) is 17.5 Å². The minimum atomic E-state index is 0.158. The topological polar surface area (TPSA) is 33.2 Å². The van der Waals surface area contributed by atoms with Crippen LogP contribution in [0.4, 0.5) is 0 Å². The normalized spacial score (nSPS) is 18.7. The molecule has 1 saturated heterocycles. The van der Waals surface area contributed by atoms with Crippen molar-refractivity contribution < 1.29 is 4.79 Å². The van der Waals surface area contributed by atoms with Gasteiger partial charge >= 0.3 is 0 Å². The van der Waals surface area contributed by atoms with Gasteiger partial charge in [0.1, 0.15) is 0 Å². The molecule has 0 radical (unpaired) electrons. The number of amides is 1. The van der Waals surface area contributed by atoms with E-state index in [1.54, 1.807) is 0 Å². The van der Waals surface area contributed by atoms with Gasteiger partial charge < -0.3 is 4.90 Å². The van der Waals surface area contributed by atoms with Crippen molar-refractivity contribution in [3.63, 3.8) is 0 Å². The second-order valence-corrected chi connectivity index (χ2v) is 6.56. The number of likely N-dealkylation sites (tertiary alicyclic amines) is 1. The molecule has 1 amide bonds. The van der Waals surface area contributed by atoms with Gasteiger partial charge in [0.15, 0.2) is 0 Å². The van der Waals surface area contributed by atoms with Gasteiger partial charge in [-0.1, -0.05) is 12.1 Å². The molecule has 1 fully saturated rings. The predicted molar refractivity (Wildman–Crippen MR) is 90.3 cm³/mol. The van der Waals surface area contributed by atoms with E-state index in [2.05, 4.69) is 31.8 Å². The number of hydrogen-bond acceptors (Lipinski definition) is 2. The largest absolute Gasteiger partial charge is 0.336 e. The van der Waals surface area contributed by atoms with Gasteiger partial charge in [-0.3, -0.25) is 9.78 Å². The Morgan fingerprint density at radius 2 is 2.00 bits per heavy atom. The van der Waals surface area contributed by atoms with Gasteiger partial charge in [-0.25, -0.2) is 0 Å². The van der Waals surface area contributed by atoms with Gasteiger partial charge in [-0.05, 0) is 64.2 Å². The second kappa shape index (κ2) is 5.71. The van der Waals surface area contributed by atoms with Crippen LogP contribution in [0.15, 0.2) is 18.2 Å². The van der Waals surface area contributed by atoms with E-state index >= 15 is 0 Å². The molecule has 0 aliphatic carbocycles. The summed E-state index contributed by atoms with van der Waals surface area (Å²) in [6.45, 7) is 9.17. The Morgan fingerprint density at radius 1 is 1.23 bits per heavy atom. The maximum atomic E-state index is 13.1. The summed E-state index contributed by atoms with van der Waals surface area (Å²) in [4.78, 5) is 19.8. The lowest BCUT2D eigenvalue weighted by atomic mass is 9.98. The van der Waals surface area contributed by atoms with Crippen LogP contribution in [0.5, 0.6) is 0 Å². The monoisotopic (exact) mass is 296 g/mol. The SMILES string of the molecule is Cc1cc(C(=O)N2CCCC[C@@H]2C)c2ccc(C)c(C)c2n1. The maximum Gasteiger partial charge on any atom is 0.254 e. The fourth-order valence-electron chi connectivity index (χ4n) is 3.39. The fraction of sp³-hybridized carbons (Fsp3) is 0.474. The lowest BCUT2D eigenvalue weighted by molar-refractivity contribution is 0.0637. The Hall–Kier alpha value is -1.90. The molecule has 1 atom stereocenters. The first-order chi connectivity index (χ1) is 10.5. The summed E-state index contributed by atoms with van der Waals surface area (Å²) in [5.74, 6) is 0.158. The van der Waals surface area contributed by atoms with Crippen LogP contribution in [0.3, 0.4) is 0 Å². The zero-order valence-corrected chi connectivity index (χ0v) is 13.9. The molecule has 22 heavy (non-hydrogen) atoms. The summed E-state index contributed by atoms with van der Waals surface area (Å²) in [6.07, 6.45) is 3.43. The van der Waals surface area contributed by atoms with Crippen LogP contribution in [-0.4, -0.2) is 28.4 Å². The van der Waals surface area contributed by atoms with Crippen molar-refractivity contribution in [3.8, 4) is 0 Å². The summed E-state index contributed by atoms with van der Waals surface area (Å²) >= 11 is 0. The molecule has 1 aromatic heterocycles. The van der Waals surface area contributed by atoms with Crippen molar-refractivity contribution in [2.45, 2.75) is 53.0 Å². The number of carbonyl (C=O) groups is 1. The van der Waals surface area contributed by atoms with Gasteiger partial charge in [0.25, 0.3) is 5.91 Å². The summed E-state index contributed by atoms with van der Waals surface area (Å²) in [7, 11) is 0. The molecular formula is C19H24N2O. The van der Waals surface area contributed by atoms with Gasteiger partial charge in [-0.2, -0.15) is 0 Å². The van der Waals surface area contributed by atoms with Gasteiger partial charge in [0.2, 0.25) is 0 Å². The second-order valence-electron chi connectivity index (χ2n) is 6.56. The molecule has 0 saturated carbocycles. The van der Waals surface area contributed by atoms with Gasteiger partial charge in [-0.15, -0.1) is 0 Å². The van der Waals surface area contributed by atoms with E-state index in [4.69, 9.17) is 0 Å². The maximum absolute atomic E-state index is 13.1. The Morgan fingerprint density at radius 3 is 2.73 bits per heavy atom. The van der Waals surface area contributed by atoms with Crippen molar-refractivity contribution in [1.82, 2.24) is 9.88 Å². The Kier molecular flexibility index (Phi) is 3.90. The smallest absolute Gasteiger partial charge is 0.254 e. The average molecular weight is 296 g/mol. The summed E-state index contributed by atoms with van der Waals surface area (Å²) in [5.41, 5.74) is 5.07. The predicted octanol–water partition coefficient (Wildman–Crippen LogP) is 4.17. The van der Waals surface area contributed by atoms with Crippen LogP contribution in [0.25, 0.3) is 10.9 Å². The van der Waals surface area contributed by atoms with E-state index in [1.807, 2.05) is 24.0 Å². The van der Waals surface area contributed by atoms with Gasteiger partial charge in [0, 0.05) is 23.7 Å². The zero-order chi connectivity index (χ0) is 15.9. The highest BCUT2D eigenvalue weighted by molar-refractivity contribution is 6.07. The molecule has 2 heterocycles. The summed E-state index contributed by atoms with van der Waals surface area (Å²) in [6, 6.07) is 6.41. The van der Waals surface area contributed by atoms with Crippen molar-refractivity contribution >= 4 is 16.8 Å². The quantitative estimate of drug-likeness (QED) is 0.791. The average Bonchev–Trinajstić information content (AvgIpc) is 2.50. The number of carbonyl (C=O) groups excluding carboxylic acids is 1. The van der Waals surface area contributed by atoms with E-state index in [0.29, 0.717) is 6.04 Å². The number of piperidine rings is 1. The van der Waals surface area contributed by atoms with Crippen molar-refractivity contribution in [3.05, 3.63) is 40.6 Å². The van der Waals surface area contributed by atoms with E-state index in [-0.39, 0.29) is 5.91 Å². The molecule has 0 bridgehead atoms. The molecule has 0 N–H and O–H groups in total. The first-order valence-electron chi connectivity index (χ1n) is 8.17. The van der Waals surface area contributed by atoms with Crippen molar-refractivity contribution in [1.29, 1.82) is 0 Å². The first kappa shape index (κ1) is 15.0. The third-order valence-electron chi connectivity index (χ3n) is 4.93. The molecular weight excluding hydrogens is 272 g/mol. The lowest BCUT2D eigenvalue weighted by Crippen LogP contribution is -2.42. The number of aromatic nitrogens is 1. The molecule has 1 aromatic carbocycles. The first-order valence-corrected chi connectivity index (χ1v) is 8.17. The van der Waals surface area contributed by atoms with Gasteiger partial charge in [0.05, 0.1) is 11.1 Å². The van der Waals surface area contributed by atoms with Crippen LogP contribution in [0.1, 0.15) is 53.4 Å². The molecule has 1 aliphatic heterocycles. The van der Waals surface area contributed by atoms with Crippen LogP contribution >= 0.6 is 0 Å². The van der Waals surface area contributed by atoms with E-state index in [9.17, 15) is 4.79 Å². The van der Waals surface area contributed by atoms with Crippen LogP contribution in [-0.2, 0) is 0 Å². The summed E-state index contributed by atoms with van der Waals surface area (Å²) in [5, 5.41) is 0.983. The number of pyridine rings is 1. The lowest BCUT2D eigenvalue weighted by Gasteiger charge is -2.33. The number of nitrogens with zero attached hydrogens (tertiary/aromatic N) is 2. The molecule has 116 valence electrons. The third kappa shape index (κ3) is 2.49. The molecule has 3 heteroatoms. The summed E-state index contributed by atoms with van der Waals surface area (Å²) < 4.78 is 0. The van der Waals surface area contributed by atoms with Crippen LogP contribution < -0.4 is 0 Å². The highest BCUT2D eigenvalue weighted by Gasteiger charge is 2.26. The number of rotatable bonds is 1. The molecule has 1 aliphatic rings. The minimum absolute atomic E-state index is 0.158. The molecule has 3 rings (SSSR count). The number of aryl methyl sites for hydroxylation is 3. The number of fused-ring (bicyclic) bond motifs is 1. The Labute approximate surface area is 132 Å². The molecule has 0 unspecified atom stereocenters. The standard InChI is InChI=1S/C19H24N2O/c1-12-8-9-16-17(11-13(2)20-18(16)15(12)4)19(22)21-10-6-5-7-14(21)3/h8-9,11,14H,5-7,10H2,1-4H3/t14-/m0/s1. The highest BCUT2D eigenvalue weighted by Crippen LogP contribution is 2.27. The Bertz CT molecular complexity index is 736. The van der Waals surface area contributed by atoms with Crippen LogP contribution in [0.2, 0.25) is 0 Å². The highest BCUT2D eigenvalue weighted by atomic mass is 16.2. The Balaban J connectivity index is 2.14. The van der Waals surface area contributed by atoms with Crippen LogP contribution in [0, 0.1) is 20.8 Å². The zero-order valence-electron chi connectivity index (χ0n) is 13.9. The fourth-order valence-corrected chi connectivity index (χ4v) is 3.39. The van der Waals surface area contributed by atoms with E-state index in [0.717, 1.165) is 41.5 Å². The number of hydrogen-bond donors (Lipinski definition) is 0. The molecule has 2 aromatic rings. The van der Waals surface area contributed by atoms with E-state index < -0.39 is 0 Å². The molecule has 3 nitrogen and oxygen atoms in total. The van der Waals surface area contributed by atoms with Crippen molar-refractivity contribution in [2.24, 2.45) is 0 Å². The van der Waals surface area contributed by atoms with Crippen molar-refractivity contribution in [2.75, 3.05) is 6.54 Å². The number of benzene rings is 1. The third-order valence-corrected chi connectivity index (χ3v) is 4.93.